The van der Waals surface area contributed by atoms with Gasteiger partial charge in [0.15, 0.2) is 0 Å². The second kappa shape index (κ2) is 3.69. The van der Waals surface area contributed by atoms with Crippen molar-refractivity contribution in [3.05, 3.63) is 54.1 Å². The van der Waals surface area contributed by atoms with E-state index in [1.165, 1.54) is 27.5 Å². The molecule has 0 amide bonds. The van der Waals surface area contributed by atoms with Gasteiger partial charge in [-0.05, 0) is 41.6 Å². The molecular formula is C17H19N. The normalized spacial score (nSPS) is 22.1. The van der Waals surface area contributed by atoms with E-state index in [1.807, 2.05) is 0 Å². The predicted molar refractivity (Wildman–Crippen MR) is 78.9 cm³/mol. The minimum absolute atomic E-state index is 0.0344. The highest BCUT2D eigenvalue weighted by Crippen LogP contribution is 2.49. The maximum Gasteiger partial charge on any atom is 0.0308 e. The van der Waals surface area contributed by atoms with Gasteiger partial charge in [-0.1, -0.05) is 49.9 Å². The van der Waals surface area contributed by atoms with Crippen molar-refractivity contribution in [2.24, 2.45) is 0 Å². The standard InChI is InChI=1S/C17H19N/c1-12-14-9-5-7-13-8-6-10-15(16(13)14)17(12,2)11-18(3)4/h5-10H,1,11H2,2-4H3. The van der Waals surface area contributed by atoms with Crippen LogP contribution in [0.15, 0.2) is 43.0 Å². The quantitative estimate of drug-likeness (QED) is 0.770. The summed E-state index contributed by atoms with van der Waals surface area (Å²) in [6.45, 7) is 7.68. The average molecular weight is 237 g/mol. The SMILES string of the molecule is C=C1c2cccc3cccc(c23)C1(C)CN(C)C. The Hall–Kier alpha value is -1.60. The zero-order chi connectivity index (χ0) is 12.9. The first-order valence-electron chi connectivity index (χ1n) is 6.41. The Kier molecular flexibility index (Phi) is 2.36. The van der Waals surface area contributed by atoms with E-state index < -0.39 is 0 Å². The fraction of sp³-hybridized carbons (Fsp3) is 0.294. The van der Waals surface area contributed by atoms with E-state index in [2.05, 4.69) is 68.9 Å². The number of hydrogen-bond acceptors (Lipinski definition) is 1. The summed E-state index contributed by atoms with van der Waals surface area (Å²) < 4.78 is 0. The van der Waals surface area contributed by atoms with Crippen molar-refractivity contribution >= 4 is 16.3 Å². The van der Waals surface area contributed by atoms with Crippen LogP contribution in [-0.2, 0) is 5.41 Å². The maximum atomic E-state index is 4.37. The third kappa shape index (κ3) is 1.37. The van der Waals surface area contributed by atoms with Gasteiger partial charge in [-0.25, -0.2) is 0 Å². The minimum atomic E-state index is 0.0344. The second-order valence-electron chi connectivity index (χ2n) is 5.76. The molecule has 0 radical (unpaired) electrons. The molecule has 0 saturated heterocycles. The van der Waals surface area contributed by atoms with Crippen molar-refractivity contribution in [3.8, 4) is 0 Å². The first kappa shape index (κ1) is 11.5. The molecule has 0 fully saturated rings. The predicted octanol–water partition coefficient (Wildman–Crippen LogP) is 3.69. The van der Waals surface area contributed by atoms with Gasteiger partial charge in [-0.3, -0.25) is 0 Å². The molecule has 1 aliphatic carbocycles. The average Bonchev–Trinajstić information content (AvgIpc) is 2.54. The Morgan fingerprint density at radius 1 is 1.11 bits per heavy atom. The number of nitrogens with zero attached hydrogens (tertiary/aromatic N) is 1. The molecule has 3 rings (SSSR count). The number of hydrogen-bond donors (Lipinski definition) is 0. The van der Waals surface area contributed by atoms with Crippen molar-refractivity contribution in [3.63, 3.8) is 0 Å². The van der Waals surface area contributed by atoms with Gasteiger partial charge in [0.05, 0.1) is 0 Å². The summed E-state index contributed by atoms with van der Waals surface area (Å²) in [7, 11) is 4.25. The van der Waals surface area contributed by atoms with Crippen LogP contribution in [0, 0.1) is 0 Å². The molecule has 1 heteroatoms. The van der Waals surface area contributed by atoms with Gasteiger partial charge >= 0.3 is 0 Å². The van der Waals surface area contributed by atoms with Crippen LogP contribution in [0.25, 0.3) is 16.3 Å². The molecule has 0 heterocycles. The molecule has 1 aliphatic rings. The first-order valence-corrected chi connectivity index (χ1v) is 6.41. The molecular weight excluding hydrogens is 218 g/mol. The van der Waals surface area contributed by atoms with Crippen LogP contribution in [0.5, 0.6) is 0 Å². The molecule has 92 valence electrons. The summed E-state index contributed by atoms with van der Waals surface area (Å²) in [5.74, 6) is 0. The van der Waals surface area contributed by atoms with Gasteiger partial charge in [-0.2, -0.15) is 0 Å². The van der Waals surface area contributed by atoms with Crippen molar-refractivity contribution in [2.75, 3.05) is 20.6 Å². The van der Waals surface area contributed by atoms with Crippen LogP contribution in [0.1, 0.15) is 18.1 Å². The molecule has 1 unspecified atom stereocenters. The molecule has 0 aliphatic heterocycles. The topological polar surface area (TPSA) is 3.24 Å². The molecule has 0 N–H and O–H groups in total. The van der Waals surface area contributed by atoms with E-state index in [9.17, 15) is 0 Å². The summed E-state index contributed by atoms with van der Waals surface area (Å²) in [6, 6.07) is 13.1. The highest BCUT2D eigenvalue weighted by molar-refractivity contribution is 6.04. The van der Waals surface area contributed by atoms with Gasteiger partial charge in [-0.15, -0.1) is 0 Å². The Labute approximate surface area is 109 Å². The molecule has 0 saturated carbocycles. The van der Waals surface area contributed by atoms with Crippen LogP contribution in [0.4, 0.5) is 0 Å². The van der Waals surface area contributed by atoms with E-state index in [4.69, 9.17) is 0 Å². The van der Waals surface area contributed by atoms with E-state index >= 15 is 0 Å². The lowest BCUT2D eigenvalue weighted by Gasteiger charge is -2.31. The van der Waals surface area contributed by atoms with Gasteiger partial charge in [0.25, 0.3) is 0 Å². The highest BCUT2D eigenvalue weighted by atomic mass is 15.1. The van der Waals surface area contributed by atoms with Crippen LogP contribution >= 0.6 is 0 Å². The van der Waals surface area contributed by atoms with Crippen molar-refractivity contribution < 1.29 is 0 Å². The van der Waals surface area contributed by atoms with E-state index in [0.29, 0.717) is 0 Å². The Balaban J connectivity index is 2.32. The summed E-state index contributed by atoms with van der Waals surface area (Å²) in [4.78, 5) is 2.25. The number of benzene rings is 2. The highest BCUT2D eigenvalue weighted by Gasteiger charge is 2.38. The number of likely N-dealkylation sites (N-methyl/N-ethyl adjacent to an activating group) is 1. The van der Waals surface area contributed by atoms with Gasteiger partial charge in [0, 0.05) is 12.0 Å². The van der Waals surface area contributed by atoms with Crippen molar-refractivity contribution in [1.82, 2.24) is 4.90 Å². The molecule has 2 aromatic carbocycles. The zero-order valence-electron chi connectivity index (χ0n) is 11.3. The number of rotatable bonds is 2. The Morgan fingerprint density at radius 3 is 2.44 bits per heavy atom. The molecule has 0 aromatic heterocycles. The van der Waals surface area contributed by atoms with E-state index in [1.54, 1.807) is 0 Å². The van der Waals surface area contributed by atoms with Gasteiger partial charge < -0.3 is 4.90 Å². The summed E-state index contributed by atoms with van der Waals surface area (Å²) in [5, 5.41) is 2.72. The van der Waals surface area contributed by atoms with E-state index in [0.717, 1.165) is 6.54 Å². The maximum absolute atomic E-state index is 4.37. The van der Waals surface area contributed by atoms with Gasteiger partial charge in [0.1, 0.15) is 0 Å². The minimum Gasteiger partial charge on any atom is -0.308 e. The Morgan fingerprint density at radius 2 is 1.78 bits per heavy atom. The second-order valence-corrected chi connectivity index (χ2v) is 5.76. The van der Waals surface area contributed by atoms with Gasteiger partial charge in [0.2, 0.25) is 0 Å². The zero-order valence-corrected chi connectivity index (χ0v) is 11.3. The lowest BCUT2D eigenvalue weighted by Crippen LogP contribution is -2.33. The summed E-state index contributed by atoms with van der Waals surface area (Å²) in [5.41, 5.74) is 4.04. The third-order valence-electron chi connectivity index (χ3n) is 4.12. The fourth-order valence-corrected chi connectivity index (χ4v) is 3.33. The molecule has 2 aromatic rings. The Bertz CT molecular complexity index is 634. The first-order chi connectivity index (χ1) is 8.54. The third-order valence-corrected chi connectivity index (χ3v) is 4.12. The van der Waals surface area contributed by atoms with Crippen LogP contribution in [0.2, 0.25) is 0 Å². The molecule has 18 heavy (non-hydrogen) atoms. The van der Waals surface area contributed by atoms with Crippen molar-refractivity contribution in [2.45, 2.75) is 12.3 Å². The lowest BCUT2D eigenvalue weighted by molar-refractivity contribution is 0.348. The summed E-state index contributed by atoms with van der Waals surface area (Å²) >= 11 is 0. The summed E-state index contributed by atoms with van der Waals surface area (Å²) in [6.07, 6.45) is 0. The molecule has 1 nitrogen and oxygen atoms in total. The van der Waals surface area contributed by atoms with Crippen LogP contribution < -0.4 is 0 Å². The lowest BCUT2D eigenvalue weighted by atomic mass is 9.79. The van der Waals surface area contributed by atoms with Crippen LogP contribution in [0.3, 0.4) is 0 Å². The molecule has 1 atom stereocenters. The van der Waals surface area contributed by atoms with Crippen molar-refractivity contribution in [1.29, 1.82) is 0 Å². The monoisotopic (exact) mass is 237 g/mol. The largest absolute Gasteiger partial charge is 0.308 e. The smallest absolute Gasteiger partial charge is 0.0308 e. The van der Waals surface area contributed by atoms with Crippen LogP contribution in [-0.4, -0.2) is 25.5 Å². The molecule has 0 spiro atoms. The van der Waals surface area contributed by atoms with E-state index in [-0.39, 0.29) is 5.41 Å². The fourth-order valence-electron chi connectivity index (χ4n) is 3.33. The molecule has 0 bridgehead atoms.